The third-order valence-electron chi connectivity index (χ3n) is 3.65. The molecule has 0 saturated carbocycles. The van der Waals surface area contributed by atoms with E-state index in [1.807, 2.05) is 38.2 Å². The normalized spacial score (nSPS) is 11.3. The molecule has 0 atom stereocenters. The lowest BCUT2D eigenvalue weighted by molar-refractivity contribution is 0.690. The zero-order valence-corrected chi connectivity index (χ0v) is 13.6. The summed E-state index contributed by atoms with van der Waals surface area (Å²) >= 11 is 1.47. The predicted octanol–water partition coefficient (Wildman–Crippen LogP) is 1.43. The van der Waals surface area contributed by atoms with Crippen molar-refractivity contribution >= 4 is 22.9 Å². The van der Waals surface area contributed by atoms with E-state index in [-0.39, 0.29) is 11.2 Å². The van der Waals surface area contributed by atoms with Crippen LogP contribution < -0.4 is 11.2 Å². The SMILES string of the molecule is Cc1ccc(Sc2nc3c(=O)n(C)c(=O)n(C)c3n2C)cc1. The van der Waals surface area contributed by atoms with Gasteiger partial charge in [-0.25, -0.2) is 9.78 Å². The molecular weight excluding hydrogens is 300 g/mol. The zero-order valence-electron chi connectivity index (χ0n) is 12.8. The van der Waals surface area contributed by atoms with Gasteiger partial charge >= 0.3 is 5.69 Å². The quantitative estimate of drug-likeness (QED) is 0.717. The summed E-state index contributed by atoms with van der Waals surface area (Å²) in [5.41, 5.74) is 1.30. The van der Waals surface area contributed by atoms with Gasteiger partial charge in [-0.1, -0.05) is 29.5 Å². The van der Waals surface area contributed by atoms with Gasteiger partial charge in [0, 0.05) is 26.0 Å². The van der Waals surface area contributed by atoms with E-state index in [4.69, 9.17) is 0 Å². The van der Waals surface area contributed by atoms with Crippen LogP contribution >= 0.6 is 11.8 Å². The molecule has 0 amide bonds. The third-order valence-corrected chi connectivity index (χ3v) is 4.71. The van der Waals surface area contributed by atoms with Gasteiger partial charge in [0.2, 0.25) is 0 Å². The Morgan fingerprint density at radius 2 is 1.59 bits per heavy atom. The van der Waals surface area contributed by atoms with E-state index < -0.39 is 0 Å². The fraction of sp³-hybridized carbons (Fsp3) is 0.267. The fourth-order valence-corrected chi connectivity index (χ4v) is 3.21. The molecule has 0 radical (unpaired) electrons. The van der Waals surface area contributed by atoms with Gasteiger partial charge in [0.25, 0.3) is 5.56 Å². The predicted molar refractivity (Wildman–Crippen MR) is 86.5 cm³/mol. The molecule has 0 fully saturated rings. The summed E-state index contributed by atoms with van der Waals surface area (Å²) in [6, 6.07) is 8.08. The maximum atomic E-state index is 12.2. The first-order chi connectivity index (χ1) is 10.4. The molecule has 0 saturated heterocycles. The van der Waals surface area contributed by atoms with Crippen LogP contribution in [0.15, 0.2) is 43.9 Å². The van der Waals surface area contributed by atoms with Crippen molar-refractivity contribution in [1.82, 2.24) is 18.7 Å². The van der Waals surface area contributed by atoms with E-state index in [0.717, 1.165) is 9.46 Å². The van der Waals surface area contributed by atoms with Crippen molar-refractivity contribution < 1.29 is 0 Å². The number of benzene rings is 1. The lowest BCUT2D eigenvalue weighted by atomic mass is 10.2. The topological polar surface area (TPSA) is 61.8 Å². The van der Waals surface area contributed by atoms with Crippen molar-refractivity contribution in [3.8, 4) is 0 Å². The smallest absolute Gasteiger partial charge is 0.308 e. The summed E-state index contributed by atoms with van der Waals surface area (Å²) in [6.07, 6.45) is 0. The van der Waals surface area contributed by atoms with E-state index >= 15 is 0 Å². The molecule has 3 aromatic rings. The number of fused-ring (bicyclic) bond motifs is 1. The summed E-state index contributed by atoms with van der Waals surface area (Å²) in [5.74, 6) is 0. The lowest BCUT2D eigenvalue weighted by Crippen LogP contribution is -2.37. The Bertz CT molecular complexity index is 980. The number of hydrogen-bond donors (Lipinski definition) is 0. The minimum Gasteiger partial charge on any atom is -0.308 e. The first kappa shape index (κ1) is 14.6. The van der Waals surface area contributed by atoms with Crippen molar-refractivity contribution in [1.29, 1.82) is 0 Å². The first-order valence-electron chi connectivity index (χ1n) is 6.77. The van der Waals surface area contributed by atoms with Crippen LogP contribution in [0.4, 0.5) is 0 Å². The monoisotopic (exact) mass is 316 g/mol. The Kier molecular flexibility index (Phi) is 3.44. The van der Waals surface area contributed by atoms with Crippen LogP contribution in [0.3, 0.4) is 0 Å². The molecule has 0 bridgehead atoms. The van der Waals surface area contributed by atoms with Crippen molar-refractivity contribution in [2.75, 3.05) is 0 Å². The van der Waals surface area contributed by atoms with E-state index in [2.05, 4.69) is 4.98 Å². The van der Waals surface area contributed by atoms with Crippen molar-refractivity contribution in [3.05, 3.63) is 50.7 Å². The maximum absolute atomic E-state index is 12.2. The third kappa shape index (κ3) is 2.18. The minimum absolute atomic E-state index is 0.307. The van der Waals surface area contributed by atoms with Gasteiger partial charge in [0.05, 0.1) is 0 Å². The molecule has 22 heavy (non-hydrogen) atoms. The van der Waals surface area contributed by atoms with Crippen LogP contribution in [0.1, 0.15) is 5.56 Å². The second kappa shape index (κ2) is 5.17. The molecule has 0 aliphatic rings. The average Bonchev–Trinajstić information content (AvgIpc) is 2.82. The van der Waals surface area contributed by atoms with Gasteiger partial charge in [-0.3, -0.25) is 13.9 Å². The number of aryl methyl sites for hydroxylation is 3. The van der Waals surface area contributed by atoms with Crippen LogP contribution in [0.5, 0.6) is 0 Å². The molecule has 0 N–H and O–H groups in total. The molecule has 114 valence electrons. The molecule has 2 heterocycles. The van der Waals surface area contributed by atoms with Crippen molar-refractivity contribution in [3.63, 3.8) is 0 Å². The highest BCUT2D eigenvalue weighted by Gasteiger charge is 2.17. The molecule has 3 rings (SSSR count). The zero-order chi connectivity index (χ0) is 16.0. The summed E-state index contributed by atoms with van der Waals surface area (Å²) < 4.78 is 4.31. The highest BCUT2D eigenvalue weighted by molar-refractivity contribution is 7.99. The molecule has 2 aromatic heterocycles. The molecule has 0 aliphatic carbocycles. The summed E-state index contributed by atoms with van der Waals surface area (Å²) in [6.45, 7) is 2.03. The largest absolute Gasteiger partial charge is 0.332 e. The molecule has 1 aromatic carbocycles. The van der Waals surface area contributed by atoms with Gasteiger partial charge in [-0.05, 0) is 19.1 Å². The van der Waals surface area contributed by atoms with Crippen LogP contribution in [0.25, 0.3) is 11.2 Å². The highest BCUT2D eigenvalue weighted by atomic mass is 32.2. The van der Waals surface area contributed by atoms with Crippen LogP contribution in [-0.4, -0.2) is 18.7 Å². The number of imidazole rings is 1. The molecule has 0 spiro atoms. The fourth-order valence-electron chi connectivity index (χ4n) is 2.36. The Morgan fingerprint density at radius 3 is 2.23 bits per heavy atom. The Morgan fingerprint density at radius 1 is 0.955 bits per heavy atom. The maximum Gasteiger partial charge on any atom is 0.332 e. The average molecular weight is 316 g/mol. The first-order valence-corrected chi connectivity index (χ1v) is 7.58. The molecule has 0 aliphatic heterocycles. The minimum atomic E-state index is -0.371. The summed E-state index contributed by atoms with van der Waals surface area (Å²) in [5, 5.41) is 0.678. The molecule has 6 nitrogen and oxygen atoms in total. The van der Waals surface area contributed by atoms with Crippen LogP contribution in [-0.2, 0) is 21.1 Å². The number of hydrogen-bond acceptors (Lipinski definition) is 4. The Labute approximate surface area is 131 Å². The summed E-state index contributed by atoms with van der Waals surface area (Å²) in [4.78, 5) is 29.7. The van der Waals surface area contributed by atoms with Gasteiger partial charge in [0.15, 0.2) is 16.3 Å². The molecule has 7 heteroatoms. The second-order valence-corrected chi connectivity index (χ2v) is 6.29. The molecule has 0 unspecified atom stereocenters. The van der Waals surface area contributed by atoms with Gasteiger partial charge in [-0.2, -0.15) is 0 Å². The van der Waals surface area contributed by atoms with E-state index in [9.17, 15) is 9.59 Å². The van der Waals surface area contributed by atoms with Gasteiger partial charge in [-0.15, -0.1) is 0 Å². The van der Waals surface area contributed by atoms with Crippen LogP contribution in [0.2, 0.25) is 0 Å². The highest BCUT2D eigenvalue weighted by Crippen LogP contribution is 2.28. The Hall–Kier alpha value is -2.28. The number of rotatable bonds is 2. The van der Waals surface area contributed by atoms with Gasteiger partial charge in [0.1, 0.15) is 0 Å². The standard InChI is InChI=1S/C15H16N4O2S/c1-9-5-7-10(8-6-9)22-14-16-11-12(17(14)2)18(3)15(21)19(4)13(11)20/h5-8H,1-4H3. The molecular formula is C15H16N4O2S. The van der Waals surface area contributed by atoms with E-state index in [1.54, 1.807) is 11.6 Å². The Balaban J connectivity index is 2.20. The number of nitrogens with zero attached hydrogens (tertiary/aromatic N) is 4. The van der Waals surface area contributed by atoms with Crippen molar-refractivity contribution in [2.45, 2.75) is 17.0 Å². The van der Waals surface area contributed by atoms with Crippen molar-refractivity contribution in [2.24, 2.45) is 21.1 Å². The van der Waals surface area contributed by atoms with Gasteiger partial charge < -0.3 is 4.57 Å². The van der Waals surface area contributed by atoms with E-state index in [0.29, 0.717) is 16.3 Å². The summed E-state index contributed by atoms with van der Waals surface area (Å²) in [7, 11) is 4.92. The van der Waals surface area contributed by atoms with Crippen LogP contribution in [0, 0.1) is 6.92 Å². The lowest BCUT2D eigenvalue weighted by Gasteiger charge is -2.06. The van der Waals surface area contributed by atoms with E-state index in [1.165, 1.54) is 28.9 Å². The number of aromatic nitrogens is 4. The second-order valence-electron chi connectivity index (χ2n) is 5.25.